The zero-order valence-corrected chi connectivity index (χ0v) is 18.4. The molecule has 1 aliphatic rings. The maximum atomic E-state index is 12.9. The first kappa shape index (κ1) is 22.9. The summed E-state index contributed by atoms with van der Waals surface area (Å²) in [6, 6.07) is 4.19. The fourth-order valence-electron chi connectivity index (χ4n) is 3.60. The largest absolute Gasteiger partial charge is 0.482 e. The fraction of sp³-hybridized carbons (Fsp3) is 0.524. The van der Waals surface area contributed by atoms with Crippen LogP contribution in [0.1, 0.15) is 39.7 Å². The molecule has 2 rings (SSSR count). The van der Waals surface area contributed by atoms with Crippen LogP contribution in [0.3, 0.4) is 0 Å². The van der Waals surface area contributed by atoms with Crippen LogP contribution in [-0.4, -0.2) is 33.5 Å². The summed E-state index contributed by atoms with van der Waals surface area (Å²) in [6.07, 6.45) is 2.28. The van der Waals surface area contributed by atoms with E-state index in [0.29, 0.717) is 17.7 Å². The van der Waals surface area contributed by atoms with E-state index in [0.717, 1.165) is 0 Å². The molecule has 1 N–H and O–H groups in total. The topological polar surface area (TPSA) is 98.8 Å². The number of carbonyl (C=O) groups is 2. The molecule has 0 radical (unpaired) electrons. The van der Waals surface area contributed by atoms with E-state index in [4.69, 9.17) is 9.47 Å². The number of sulfonamides is 1. The first-order chi connectivity index (χ1) is 13.4. The van der Waals surface area contributed by atoms with E-state index in [9.17, 15) is 18.0 Å². The summed E-state index contributed by atoms with van der Waals surface area (Å²) in [5, 5.41) is 0. The van der Waals surface area contributed by atoms with E-state index in [-0.39, 0.29) is 24.0 Å². The summed E-state index contributed by atoms with van der Waals surface area (Å²) in [5.74, 6) is -0.721. The van der Waals surface area contributed by atoms with Gasteiger partial charge in [-0.15, -0.1) is 6.58 Å². The van der Waals surface area contributed by atoms with Gasteiger partial charge in [-0.25, -0.2) is 17.9 Å². The minimum Gasteiger partial charge on any atom is -0.482 e. The number of rotatable bonds is 8. The van der Waals surface area contributed by atoms with Gasteiger partial charge in [0.25, 0.3) is 10.0 Å². The molecule has 29 heavy (non-hydrogen) atoms. The van der Waals surface area contributed by atoms with Gasteiger partial charge in [-0.05, 0) is 55.4 Å². The van der Waals surface area contributed by atoms with Gasteiger partial charge in [0.05, 0.1) is 16.9 Å². The molecule has 1 fully saturated rings. The number of nitrogens with one attached hydrogen (secondary N) is 1. The molecular formula is C21H29NO6S. The van der Waals surface area contributed by atoms with Gasteiger partial charge in [0.2, 0.25) is 5.91 Å². The second-order valence-electron chi connectivity index (χ2n) is 8.22. The quantitative estimate of drug-likeness (QED) is 0.510. The normalized spacial score (nSPS) is 21.2. The highest BCUT2D eigenvalue weighted by Crippen LogP contribution is 2.64. The van der Waals surface area contributed by atoms with Crippen LogP contribution >= 0.6 is 0 Å². The molecule has 0 aliphatic heterocycles. The van der Waals surface area contributed by atoms with Crippen molar-refractivity contribution >= 4 is 21.9 Å². The van der Waals surface area contributed by atoms with Crippen molar-refractivity contribution in [3.63, 3.8) is 0 Å². The Morgan fingerprint density at radius 1 is 1.34 bits per heavy atom. The van der Waals surface area contributed by atoms with Crippen molar-refractivity contribution in [2.24, 2.45) is 16.7 Å². The average Bonchev–Trinajstić information content (AvgIpc) is 3.36. The highest BCUT2D eigenvalue weighted by molar-refractivity contribution is 7.90. The van der Waals surface area contributed by atoms with Crippen molar-refractivity contribution < 1.29 is 27.5 Å². The minimum atomic E-state index is -4.05. The third-order valence-corrected chi connectivity index (χ3v) is 6.71. The smallest absolute Gasteiger partial charge is 0.344 e. The Balaban J connectivity index is 2.17. The van der Waals surface area contributed by atoms with Crippen molar-refractivity contribution in [3.05, 3.63) is 36.4 Å². The number of hydrogen-bond acceptors (Lipinski definition) is 6. The van der Waals surface area contributed by atoms with Gasteiger partial charge < -0.3 is 9.47 Å². The molecule has 160 valence electrons. The fourth-order valence-corrected chi connectivity index (χ4v) is 4.72. The van der Waals surface area contributed by atoms with Crippen LogP contribution in [0.5, 0.6) is 5.75 Å². The van der Waals surface area contributed by atoms with Gasteiger partial charge in [0.15, 0.2) is 6.61 Å². The lowest BCUT2D eigenvalue weighted by Gasteiger charge is -2.30. The van der Waals surface area contributed by atoms with Crippen LogP contribution in [0.4, 0.5) is 0 Å². The van der Waals surface area contributed by atoms with Gasteiger partial charge in [0, 0.05) is 0 Å². The maximum Gasteiger partial charge on any atom is 0.344 e. The lowest BCUT2D eigenvalue weighted by molar-refractivity contribution is -0.145. The van der Waals surface area contributed by atoms with Gasteiger partial charge >= 0.3 is 5.97 Å². The van der Waals surface area contributed by atoms with E-state index in [1.54, 1.807) is 19.9 Å². The van der Waals surface area contributed by atoms with Gasteiger partial charge in [-0.3, -0.25) is 4.79 Å². The summed E-state index contributed by atoms with van der Waals surface area (Å²) >= 11 is 0. The van der Waals surface area contributed by atoms with Gasteiger partial charge in [-0.2, -0.15) is 0 Å². The maximum absolute atomic E-state index is 12.9. The predicted octanol–water partition coefficient (Wildman–Crippen LogP) is 2.98. The molecule has 0 saturated heterocycles. The van der Waals surface area contributed by atoms with Crippen molar-refractivity contribution in [2.45, 2.75) is 45.9 Å². The molecular weight excluding hydrogens is 394 g/mol. The molecule has 0 aromatic heterocycles. The van der Waals surface area contributed by atoms with Crippen molar-refractivity contribution in [1.29, 1.82) is 0 Å². The summed E-state index contributed by atoms with van der Waals surface area (Å²) in [7, 11) is -4.05. The minimum absolute atomic E-state index is 0.0494. The Labute approximate surface area is 172 Å². The molecule has 0 bridgehead atoms. The Hall–Kier alpha value is -2.35. The molecule has 0 heterocycles. The third kappa shape index (κ3) is 4.63. The second kappa shape index (κ2) is 8.18. The van der Waals surface area contributed by atoms with Gasteiger partial charge in [-0.1, -0.05) is 26.8 Å². The van der Waals surface area contributed by atoms with Crippen LogP contribution in [-0.2, 0) is 24.3 Å². The highest BCUT2D eigenvalue weighted by atomic mass is 32.2. The average molecular weight is 424 g/mol. The molecule has 0 spiro atoms. The van der Waals surface area contributed by atoms with E-state index in [2.05, 4.69) is 11.3 Å². The lowest BCUT2D eigenvalue weighted by atomic mass is 9.75. The van der Waals surface area contributed by atoms with Gasteiger partial charge in [0.1, 0.15) is 5.75 Å². The number of aryl methyl sites for hydroxylation is 1. The molecule has 7 nitrogen and oxygen atoms in total. The van der Waals surface area contributed by atoms with E-state index in [1.807, 2.05) is 20.8 Å². The molecule has 1 aromatic carbocycles. The number of amides is 1. The monoisotopic (exact) mass is 423 g/mol. The summed E-state index contributed by atoms with van der Waals surface area (Å²) in [5.41, 5.74) is -0.684. The first-order valence-corrected chi connectivity index (χ1v) is 11.0. The standard InChI is InChI=1S/C21H29NO6S/c1-7-15-12-21(15,20(4,5)6)19(24)22-29(25,26)16-9-10-17(14(3)11-16)28-13-18(23)27-8-2/h7,9-11,15H,1,8,12-13H2,2-6H3,(H,22,24)/t15-,21-/m1/s1. The first-order valence-electron chi connectivity index (χ1n) is 9.48. The van der Waals surface area contributed by atoms with Crippen molar-refractivity contribution in [1.82, 2.24) is 4.72 Å². The van der Waals surface area contributed by atoms with Crippen LogP contribution in [0.25, 0.3) is 0 Å². The lowest BCUT2D eigenvalue weighted by Crippen LogP contribution is -2.43. The highest BCUT2D eigenvalue weighted by Gasteiger charge is 2.65. The zero-order chi connectivity index (χ0) is 22.0. The molecule has 1 aromatic rings. The Kier molecular flexibility index (Phi) is 6.47. The third-order valence-electron chi connectivity index (χ3n) is 5.38. The molecule has 0 unspecified atom stereocenters. The van der Waals surface area contributed by atoms with Crippen LogP contribution in [0.15, 0.2) is 35.7 Å². The number of esters is 1. The SMILES string of the molecule is C=C[C@@H]1C[C@@]1(C(=O)NS(=O)(=O)c1ccc(OCC(=O)OCC)c(C)c1)C(C)(C)C. The Bertz CT molecular complexity index is 916. The molecule has 2 atom stereocenters. The van der Waals surface area contributed by atoms with E-state index < -0.39 is 32.7 Å². The predicted molar refractivity (Wildman–Crippen MR) is 109 cm³/mol. The molecule has 8 heteroatoms. The second-order valence-corrected chi connectivity index (χ2v) is 9.91. The summed E-state index contributed by atoms with van der Waals surface area (Å²) in [4.78, 5) is 24.3. The van der Waals surface area contributed by atoms with Crippen molar-refractivity contribution in [2.75, 3.05) is 13.2 Å². The number of allylic oxidation sites excluding steroid dienone is 1. The number of benzene rings is 1. The number of carbonyl (C=O) groups excluding carboxylic acids is 2. The Morgan fingerprint density at radius 2 is 2.00 bits per heavy atom. The summed E-state index contributed by atoms with van der Waals surface area (Å²) in [6.45, 7) is 12.8. The van der Waals surface area contributed by atoms with Crippen LogP contribution in [0, 0.1) is 23.7 Å². The van der Waals surface area contributed by atoms with E-state index in [1.165, 1.54) is 18.2 Å². The van der Waals surface area contributed by atoms with Crippen LogP contribution in [0.2, 0.25) is 0 Å². The molecule has 1 saturated carbocycles. The zero-order valence-electron chi connectivity index (χ0n) is 17.6. The molecule has 1 amide bonds. The van der Waals surface area contributed by atoms with Crippen molar-refractivity contribution in [3.8, 4) is 5.75 Å². The van der Waals surface area contributed by atoms with E-state index >= 15 is 0 Å². The van der Waals surface area contributed by atoms with Crippen LogP contribution < -0.4 is 9.46 Å². The molecule has 1 aliphatic carbocycles. The Morgan fingerprint density at radius 3 is 2.48 bits per heavy atom. The summed E-state index contributed by atoms with van der Waals surface area (Å²) < 4.78 is 38.0. The number of hydrogen-bond donors (Lipinski definition) is 1. The number of ether oxygens (including phenoxy) is 2.